The van der Waals surface area contributed by atoms with Gasteiger partial charge in [0.25, 0.3) is 0 Å². The van der Waals surface area contributed by atoms with Gasteiger partial charge in [-0.2, -0.15) is 4.33 Å². The summed E-state index contributed by atoms with van der Waals surface area (Å²) in [5, 5.41) is 13.2. The van der Waals surface area contributed by atoms with Gasteiger partial charge >= 0.3 is 5.97 Å². The van der Waals surface area contributed by atoms with Crippen molar-refractivity contribution in [3.8, 4) is 0 Å². The minimum absolute atomic E-state index is 0.243. The SMILES string of the molecule is CCCCCCCCOC(=O)c1ccc(SOO[O-])cc1Cl. The lowest BCUT2D eigenvalue weighted by molar-refractivity contribution is -0.777. The molecule has 7 heteroatoms. The largest absolute Gasteiger partial charge is 0.691 e. The fourth-order valence-corrected chi connectivity index (χ4v) is 2.61. The molecule has 5 nitrogen and oxygen atoms in total. The molecule has 0 atom stereocenters. The molecule has 124 valence electrons. The van der Waals surface area contributed by atoms with Gasteiger partial charge in [0.15, 0.2) is 0 Å². The number of benzene rings is 1. The Balaban J connectivity index is 2.33. The van der Waals surface area contributed by atoms with Crippen LogP contribution in [0.3, 0.4) is 0 Å². The Bertz CT molecular complexity index is 456. The van der Waals surface area contributed by atoms with Crippen LogP contribution in [0.25, 0.3) is 0 Å². The molecular formula is C15H20ClO5S-. The highest BCUT2D eigenvalue weighted by Crippen LogP contribution is 2.26. The van der Waals surface area contributed by atoms with E-state index in [1.54, 1.807) is 6.07 Å². The average Bonchev–Trinajstić information content (AvgIpc) is 2.52. The quantitative estimate of drug-likeness (QED) is 0.197. The van der Waals surface area contributed by atoms with Crippen LogP contribution < -0.4 is 5.26 Å². The zero-order valence-corrected chi connectivity index (χ0v) is 14.1. The van der Waals surface area contributed by atoms with E-state index in [2.05, 4.69) is 16.3 Å². The highest BCUT2D eigenvalue weighted by Gasteiger charge is 2.12. The van der Waals surface area contributed by atoms with Crippen LogP contribution in [0.4, 0.5) is 0 Å². The van der Waals surface area contributed by atoms with Gasteiger partial charge in [-0.15, -0.1) is 0 Å². The average molecular weight is 348 g/mol. The molecule has 0 aliphatic rings. The minimum Gasteiger partial charge on any atom is -0.691 e. The molecule has 0 bridgehead atoms. The molecular weight excluding hydrogens is 328 g/mol. The molecule has 1 aromatic carbocycles. The number of halogens is 1. The van der Waals surface area contributed by atoms with E-state index in [1.165, 1.54) is 37.8 Å². The Kier molecular flexibility index (Phi) is 10.3. The third-order valence-electron chi connectivity index (χ3n) is 3.05. The fraction of sp³-hybridized carbons (Fsp3) is 0.533. The second kappa shape index (κ2) is 11.7. The molecule has 0 fully saturated rings. The van der Waals surface area contributed by atoms with E-state index in [4.69, 9.17) is 16.3 Å². The van der Waals surface area contributed by atoms with Gasteiger partial charge in [0.2, 0.25) is 0 Å². The third kappa shape index (κ3) is 7.47. The van der Waals surface area contributed by atoms with Gasteiger partial charge in [-0.1, -0.05) is 50.6 Å². The molecule has 0 unspecified atom stereocenters. The van der Waals surface area contributed by atoms with Crippen LogP contribution in [0.1, 0.15) is 55.8 Å². The van der Waals surface area contributed by atoms with Crippen LogP contribution in [0.15, 0.2) is 23.1 Å². The highest BCUT2D eigenvalue weighted by molar-refractivity contribution is 7.94. The highest BCUT2D eigenvalue weighted by atomic mass is 35.5. The van der Waals surface area contributed by atoms with Crippen LogP contribution in [0, 0.1) is 0 Å². The van der Waals surface area contributed by atoms with Gasteiger partial charge in [0, 0.05) is 4.90 Å². The van der Waals surface area contributed by atoms with Gasteiger partial charge in [-0.25, -0.2) is 4.79 Å². The zero-order valence-electron chi connectivity index (χ0n) is 12.5. The van der Waals surface area contributed by atoms with E-state index < -0.39 is 5.97 Å². The maximum atomic E-state index is 11.9. The summed E-state index contributed by atoms with van der Waals surface area (Å²) in [6, 6.07) is 4.63. The first-order valence-electron chi connectivity index (χ1n) is 7.29. The van der Waals surface area contributed by atoms with Crippen molar-refractivity contribution < 1.29 is 24.2 Å². The first-order chi connectivity index (χ1) is 10.7. The van der Waals surface area contributed by atoms with E-state index in [-0.39, 0.29) is 5.02 Å². The maximum Gasteiger partial charge on any atom is 0.339 e. The van der Waals surface area contributed by atoms with Crippen LogP contribution >= 0.6 is 23.6 Å². The summed E-state index contributed by atoms with van der Waals surface area (Å²) in [5.74, 6) is -0.448. The summed E-state index contributed by atoms with van der Waals surface area (Å²) in [7, 11) is 0. The summed E-state index contributed by atoms with van der Waals surface area (Å²) in [4.78, 5) is 12.5. The van der Waals surface area contributed by atoms with E-state index >= 15 is 0 Å². The third-order valence-corrected chi connectivity index (χ3v) is 3.93. The van der Waals surface area contributed by atoms with Crippen molar-refractivity contribution in [1.29, 1.82) is 0 Å². The normalized spacial score (nSPS) is 10.7. The van der Waals surface area contributed by atoms with Gasteiger partial charge in [-0.3, -0.25) is 5.04 Å². The number of hydrogen-bond donors (Lipinski definition) is 0. The summed E-state index contributed by atoms with van der Waals surface area (Å²) in [5.41, 5.74) is 0.292. The minimum atomic E-state index is -0.448. The molecule has 0 N–H and O–H groups in total. The van der Waals surface area contributed by atoms with Crippen LogP contribution in [-0.4, -0.2) is 12.6 Å². The lowest BCUT2D eigenvalue weighted by atomic mass is 10.1. The van der Waals surface area contributed by atoms with E-state index in [0.29, 0.717) is 29.1 Å². The number of ether oxygens (including phenoxy) is 1. The molecule has 0 radical (unpaired) electrons. The summed E-state index contributed by atoms with van der Waals surface area (Å²) in [6.45, 7) is 2.57. The first kappa shape index (κ1) is 19.3. The summed E-state index contributed by atoms with van der Waals surface area (Å²) >= 11 is 6.73. The summed E-state index contributed by atoms with van der Waals surface area (Å²) in [6.07, 6.45) is 6.78. The number of esters is 1. The molecule has 0 saturated carbocycles. The number of carbonyl (C=O) groups excluding carboxylic acids is 1. The predicted molar refractivity (Wildman–Crippen MR) is 83.1 cm³/mol. The van der Waals surface area contributed by atoms with Crippen molar-refractivity contribution in [2.24, 2.45) is 0 Å². The Labute approximate surface area is 140 Å². The molecule has 1 rings (SSSR count). The van der Waals surface area contributed by atoms with Crippen LogP contribution in [0.5, 0.6) is 0 Å². The maximum absolute atomic E-state index is 11.9. The second-order valence-corrected chi connectivity index (χ2v) is 5.95. The van der Waals surface area contributed by atoms with Crippen LogP contribution in [-0.2, 0) is 14.1 Å². The van der Waals surface area contributed by atoms with Gasteiger partial charge in [0.05, 0.1) is 29.2 Å². The predicted octanol–water partition coefficient (Wildman–Crippen LogP) is 4.09. The fourth-order valence-electron chi connectivity index (χ4n) is 1.89. The topological polar surface area (TPSA) is 67.8 Å². The van der Waals surface area contributed by atoms with Crippen LogP contribution in [0.2, 0.25) is 5.02 Å². The molecule has 0 heterocycles. The molecule has 0 saturated heterocycles. The molecule has 1 aromatic rings. The van der Waals surface area contributed by atoms with Crippen molar-refractivity contribution in [2.45, 2.75) is 50.3 Å². The van der Waals surface area contributed by atoms with E-state index in [0.717, 1.165) is 12.8 Å². The van der Waals surface area contributed by atoms with Gasteiger partial charge < -0.3 is 9.99 Å². The molecule has 0 amide bonds. The molecule has 0 aliphatic heterocycles. The molecule has 22 heavy (non-hydrogen) atoms. The van der Waals surface area contributed by atoms with E-state index in [9.17, 15) is 10.1 Å². The Morgan fingerprint density at radius 2 is 1.95 bits per heavy atom. The zero-order chi connectivity index (χ0) is 16.2. The monoisotopic (exact) mass is 347 g/mol. The van der Waals surface area contributed by atoms with Crippen molar-refractivity contribution >= 4 is 29.6 Å². The van der Waals surface area contributed by atoms with Crippen molar-refractivity contribution in [3.63, 3.8) is 0 Å². The number of rotatable bonds is 11. The van der Waals surface area contributed by atoms with Crippen molar-refractivity contribution in [2.75, 3.05) is 6.61 Å². The molecule has 0 spiro atoms. The Morgan fingerprint density at radius 1 is 1.23 bits per heavy atom. The molecule has 0 aliphatic carbocycles. The van der Waals surface area contributed by atoms with Gasteiger partial charge in [-0.05, 0) is 24.6 Å². The first-order valence-corrected chi connectivity index (χ1v) is 8.40. The second-order valence-electron chi connectivity index (χ2n) is 4.76. The van der Waals surface area contributed by atoms with E-state index in [1.807, 2.05) is 0 Å². The summed E-state index contributed by atoms with van der Waals surface area (Å²) < 4.78 is 9.38. The smallest absolute Gasteiger partial charge is 0.339 e. The Morgan fingerprint density at radius 3 is 2.64 bits per heavy atom. The van der Waals surface area contributed by atoms with Crippen molar-refractivity contribution in [3.05, 3.63) is 28.8 Å². The number of hydrogen-bond acceptors (Lipinski definition) is 6. The lowest BCUT2D eigenvalue weighted by Gasteiger charge is -2.08. The number of unbranched alkanes of at least 4 members (excludes halogenated alkanes) is 5. The number of carbonyl (C=O) groups is 1. The molecule has 0 aromatic heterocycles. The standard InChI is InChI=1S/C15H21ClO5S/c1-2-3-4-5-6-7-10-19-15(17)13-9-8-12(11-14(13)16)22-21-20-18/h8-9,11,18H,2-7,10H2,1H3/p-1. The lowest BCUT2D eigenvalue weighted by Crippen LogP contribution is -2.07. The van der Waals surface area contributed by atoms with Gasteiger partial charge in [0.1, 0.15) is 0 Å². The Hall–Kier alpha value is -0.790. The van der Waals surface area contributed by atoms with Crippen molar-refractivity contribution in [1.82, 2.24) is 0 Å².